The summed E-state index contributed by atoms with van der Waals surface area (Å²) in [6.07, 6.45) is -0.167. The number of hydrogen-bond acceptors (Lipinski definition) is 3. The molecule has 40 heavy (non-hydrogen) atoms. The fourth-order valence-electron chi connectivity index (χ4n) is 5.40. The Labute approximate surface area is 256 Å². The van der Waals surface area contributed by atoms with Crippen LogP contribution in [0.25, 0.3) is 0 Å². The van der Waals surface area contributed by atoms with Gasteiger partial charge in [0.25, 0.3) is 0 Å². The SMILES string of the molecule is CC(C)(c1ccccc1)c1ccc(O)c(C(C)(C)c2ccccc2)c1C(C)(C)c1ccccc1.CC(C)O.[O]=[Zr]. The third-order valence-electron chi connectivity index (χ3n) is 7.59. The summed E-state index contributed by atoms with van der Waals surface area (Å²) in [6.45, 7) is 17.0. The first-order valence-corrected chi connectivity index (χ1v) is 14.7. The molecule has 210 valence electrons. The van der Waals surface area contributed by atoms with E-state index >= 15 is 0 Å². The summed E-state index contributed by atoms with van der Waals surface area (Å²) in [6, 6.07) is 35.9. The number of hydrogen-bond donors (Lipinski definition) is 2. The summed E-state index contributed by atoms with van der Waals surface area (Å²) in [5.41, 5.74) is 6.13. The van der Waals surface area contributed by atoms with Crippen LogP contribution in [0.5, 0.6) is 5.75 Å². The molecule has 4 rings (SSSR count). The normalized spacial score (nSPS) is 11.6. The molecule has 0 aliphatic heterocycles. The van der Waals surface area contributed by atoms with Crippen molar-refractivity contribution in [3.8, 4) is 5.75 Å². The molecule has 2 N–H and O–H groups in total. The Hall–Kier alpha value is -2.68. The molecule has 0 bridgehead atoms. The van der Waals surface area contributed by atoms with Gasteiger partial charge in [0.2, 0.25) is 0 Å². The van der Waals surface area contributed by atoms with E-state index in [1.165, 1.54) is 27.8 Å². The molecule has 0 aromatic heterocycles. The van der Waals surface area contributed by atoms with Gasteiger partial charge in [-0.15, -0.1) is 0 Å². The molecule has 4 heteroatoms. The second-order valence-corrected chi connectivity index (χ2v) is 11.9. The molecule has 3 nitrogen and oxygen atoms in total. The first kappa shape index (κ1) is 33.5. The molecule has 4 aromatic carbocycles. The van der Waals surface area contributed by atoms with E-state index in [0.717, 1.165) is 5.56 Å². The molecule has 0 radical (unpaired) electrons. The molecule has 0 saturated carbocycles. The summed E-state index contributed by atoms with van der Waals surface area (Å²) in [5.74, 6) is 0.348. The van der Waals surface area contributed by atoms with Crippen LogP contribution in [0.2, 0.25) is 0 Å². The Bertz CT molecular complexity index is 1330. The monoisotopic (exact) mass is 614 g/mol. The molecular formula is C36H44O3Zr. The van der Waals surface area contributed by atoms with E-state index in [-0.39, 0.29) is 16.9 Å². The van der Waals surface area contributed by atoms with Gasteiger partial charge in [-0.1, -0.05) is 139 Å². The van der Waals surface area contributed by atoms with Crippen LogP contribution in [0.3, 0.4) is 0 Å². The van der Waals surface area contributed by atoms with Crippen LogP contribution in [-0.4, -0.2) is 16.3 Å². The zero-order valence-electron chi connectivity index (χ0n) is 25.2. The molecule has 0 spiro atoms. The van der Waals surface area contributed by atoms with E-state index in [1.807, 2.05) is 12.1 Å². The Morgan fingerprint density at radius 2 is 0.825 bits per heavy atom. The van der Waals surface area contributed by atoms with Crippen molar-refractivity contribution in [3.05, 3.63) is 137 Å². The van der Waals surface area contributed by atoms with Gasteiger partial charge < -0.3 is 10.2 Å². The first-order valence-electron chi connectivity index (χ1n) is 13.7. The maximum absolute atomic E-state index is 11.5. The van der Waals surface area contributed by atoms with Crippen LogP contribution in [0.1, 0.15) is 88.8 Å². The molecule has 0 amide bonds. The molecule has 0 atom stereocenters. The molecule has 0 saturated heterocycles. The van der Waals surface area contributed by atoms with Crippen molar-refractivity contribution < 1.29 is 37.7 Å². The Kier molecular flexibility index (Phi) is 12.0. The predicted molar refractivity (Wildman–Crippen MR) is 162 cm³/mol. The van der Waals surface area contributed by atoms with Crippen molar-refractivity contribution in [1.82, 2.24) is 0 Å². The second kappa shape index (κ2) is 14.3. The van der Waals surface area contributed by atoms with Crippen molar-refractivity contribution in [2.45, 2.75) is 77.7 Å². The Balaban J connectivity index is 0.000000858. The van der Waals surface area contributed by atoms with Crippen LogP contribution in [0, 0.1) is 0 Å². The summed E-state index contributed by atoms with van der Waals surface area (Å²) >= 11 is 0.300. The van der Waals surface area contributed by atoms with E-state index in [2.05, 4.69) is 133 Å². The van der Waals surface area contributed by atoms with Gasteiger partial charge >= 0.3 is 27.5 Å². The van der Waals surface area contributed by atoms with Gasteiger partial charge in [0, 0.05) is 27.9 Å². The second-order valence-electron chi connectivity index (χ2n) is 11.9. The van der Waals surface area contributed by atoms with Gasteiger partial charge in [-0.2, -0.15) is 0 Å². The van der Waals surface area contributed by atoms with Gasteiger partial charge in [0.05, 0.1) is 0 Å². The number of aliphatic hydroxyl groups is 1. The van der Waals surface area contributed by atoms with E-state index in [4.69, 9.17) is 7.92 Å². The molecule has 0 aliphatic carbocycles. The summed E-state index contributed by atoms with van der Waals surface area (Å²) in [7, 11) is 0. The summed E-state index contributed by atoms with van der Waals surface area (Å²) in [4.78, 5) is 0. The van der Waals surface area contributed by atoms with Crippen molar-refractivity contribution >= 4 is 0 Å². The van der Waals surface area contributed by atoms with Gasteiger partial charge in [-0.05, 0) is 47.7 Å². The summed E-state index contributed by atoms with van der Waals surface area (Å²) < 4.78 is 8.34. The minimum atomic E-state index is -0.393. The van der Waals surface area contributed by atoms with Gasteiger partial charge in [0.15, 0.2) is 0 Å². The third kappa shape index (κ3) is 7.53. The number of benzene rings is 4. The number of aromatic hydroxyl groups is 1. The topological polar surface area (TPSA) is 57.5 Å². The van der Waals surface area contributed by atoms with Crippen LogP contribution in [-0.2, 0) is 43.8 Å². The molecule has 0 unspecified atom stereocenters. The predicted octanol–water partition coefficient (Wildman–Crippen LogP) is 8.64. The molecule has 0 fully saturated rings. The van der Waals surface area contributed by atoms with E-state index in [1.54, 1.807) is 13.8 Å². The maximum atomic E-state index is 11.5. The van der Waals surface area contributed by atoms with Gasteiger partial charge in [-0.3, -0.25) is 0 Å². The van der Waals surface area contributed by atoms with Gasteiger partial charge in [-0.25, -0.2) is 0 Å². The quantitative estimate of drug-likeness (QED) is 0.228. The zero-order valence-corrected chi connectivity index (χ0v) is 27.7. The fraction of sp³-hybridized carbons (Fsp3) is 0.333. The third-order valence-corrected chi connectivity index (χ3v) is 7.59. The minimum absolute atomic E-state index is 0.167. The number of aliphatic hydroxyl groups excluding tert-OH is 1. The average molecular weight is 616 g/mol. The molecule has 0 heterocycles. The van der Waals surface area contributed by atoms with Crippen molar-refractivity contribution in [1.29, 1.82) is 0 Å². The van der Waals surface area contributed by atoms with Crippen LogP contribution in [0.4, 0.5) is 0 Å². The van der Waals surface area contributed by atoms with Crippen LogP contribution >= 0.6 is 0 Å². The molecule has 0 aliphatic rings. The average Bonchev–Trinajstić information content (AvgIpc) is 2.95. The van der Waals surface area contributed by atoms with Crippen molar-refractivity contribution in [3.63, 3.8) is 0 Å². The van der Waals surface area contributed by atoms with Crippen LogP contribution in [0.15, 0.2) is 103 Å². The standard InChI is InChI=1S/C33H36O.C3H8O.O.Zr/c1-31(2,24-16-10-7-11-17-24)27-22-23-28(34)30(33(5,6)26-20-14-9-15-21-26)29(27)32(3,4)25-18-12-8-13-19-25;1-3(2)4;;/h7-23,34H,1-6H3;3-4H,1-2H3;;. The van der Waals surface area contributed by atoms with Gasteiger partial charge in [0.1, 0.15) is 5.75 Å². The van der Waals surface area contributed by atoms with E-state index in [9.17, 15) is 5.11 Å². The van der Waals surface area contributed by atoms with Crippen molar-refractivity contribution in [2.75, 3.05) is 0 Å². The number of phenolic OH excluding ortho intramolecular Hbond substituents is 1. The summed E-state index contributed by atoms with van der Waals surface area (Å²) in [5, 5.41) is 19.5. The molecule has 4 aromatic rings. The fourth-order valence-corrected chi connectivity index (χ4v) is 5.40. The van der Waals surface area contributed by atoms with Crippen LogP contribution < -0.4 is 0 Å². The zero-order chi connectivity index (χ0) is 30.1. The number of phenols is 1. The number of rotatable bonds is 6. The van der Waals surface area contributed by atoms with E-state index in [0.29, 0.717) is 30.5 Å². The van der Waals surface area contributed by atoms with E-state index < -0.39 is 5.41 Å². The Morgan fingerprint density at radius 3 is 1.18 bits per heavy atom. The van der Waals surface area contributed by atoms with Crippen molar-refractivity contribution in [2.24, 2.45) is 0 Å². The Morgan fingerprint density at radius 1 is 0.525 bits per heavy atom. The molecular weight excluding hydrogens is 572 g/mol. The first-order chi connectivity index (χ1) is 18.8.